The third-order valence-corrected chi connectivity index (χ3v) is 3.00. The lowest BCUT2D eigenvalue weighted by Gasteiger charge is -2.13. The first-order valence-electron chi connectivity index (χ1n) is 8.10. The van der Waals surface area contributed by atoms with Gasteiger partial charge >= 0.3 is 0 Å². The van der Waals surface area contributed by atoms with E-state index in [4.69, 9.17) is 4.42 Å². The molecule has 1 rings (SSSR count). The Balaban J connectivity index is 2.55. The van der Waals surface area contributed by atoms with Crippen LogP contribution in [-0.4, -0.2) is 36.5 Å². The van der Waals surface area contributed by atoms with Crippen LogP contribution in [0.25, 0.3) is 0 Å². The van der Waals surface area contributed by atoms with Crippen molar-refractivity contribution in [2.24, 2.45) is 4.99 Å². The monoisotopic (exact) mass is 323 g/mol. The van der Waals surface area contributed by atoms with Crippen LogP contribution in [0.15, 0.2) is 15.6 Å². The third kappa shape index (κ3) is 7.17. The van der Waals surface area contributed by atoms with Gasteiger partial charge in [-0.05, 0) is 13.3 Å². The van der Waals surface area contributed by atoms with Gasteiger partial charge in [0.25, 0.3) is 0 Å². The summed E-state index contributed by atoms with van der Waals surface area (Å²) in [4.78, 5) is 20.1. The van der Waals surface area contributed by atoms with E-state index in [0.717, 1.165) is 12.2 Å². The Labute approximate surface area is 138 Å². The molecule has 7 nitrogen and oxygen atoms in total. The first-order valence-corrected chi connectivity index (χ1v) is 8.10. The first kappa shape index (κ1) is 19.0. The highest BCUT2D eigenvalue weighted by Gasteiger charge is 2.19. The lowest BCUT2D eigenvalue weighted by atomic mass is 9.94. The second-order valence-corrected chi connectivity index (χ2v) is 6.27. The second kappa shape index (κ2) is 9.17. The standard InChI is InChI=1S/C16H29N5O2/c1-6-8-18-13(22)10-20-15(17-7-2)21-11-14-19-9-12(23-14)16(3,4)5/h9H,6-8,10-11H2,1-5H3,(H,18,22)(H2,17,20,21). The summed E-state index contributed by atoms with van der Waals surface area (Å²) in [6.45, 7) is 12.1. The number of hydrogen-bond acceptors (Lipinski definition) is 4. The minimum atomic E-state index is -0.0878. The molecule has 130 valence electrons. The molecule has 0 fully saturated rings. The summed E-state index contributed by atoms with van der Waals surface area (Å²) in [5, 5.41) is 9.00. The van der Waals surface area contributed by atoms with Gasteiger partial charge in [-0.2, -0.15) is 0 Å². The van der Waals surface area contributed by atoms with Crippen LogP contribution in [0.1, 0.15) is 52.7 Å². The van der Waals surface area contributed by atoms with Crippen molar-refractivity contribution in [2.45, 2.75) is 53.0 Å². The fourth-order valence-electron chi connectivity index (χ4n) is 1.71. The van der Waals surface area contributed by atoms with Gasteiger partial charge in [0.2, 0.25) is 11.8 Å². The van der Waals surface area contributed by atoms with Crippen molar-refractivity contribution in [3.8, 4) is 0 Å². The predicted octanol–water partition coefficient (Wildman–Crippen LogP) is 1.55. The molecule has 0 unspecified atom stereocenters. The number of nitrogens with one attached hydrogen (secondary N) is 3. The molecule has 0 spiro atoms. The summed E-state index contributed by atoms with van der Waals surface area (Å²) < 4.78 is 5.72. The highest BCUT2D eigenvalue weighted by atomic mass is 16.4. The number of oxazole rings is 1. The van der Waals surface area contributed by atoms with Crippen LogP contribution in [0.2, 0.25) is 0 Å². The molecule has 1 heterocycles. The molecule has 0 aliphatic carbocycles. The van der Waals surface area contributed by atoms with Crippen molar-refractivity contribution < 1.29 is 9.21 Å². The highest BCUT2D eigenvalue weighted by Crippen LogP contribution is 2.22. The number of amides is 1. The number of aliphatic imine (C=N–C) groups is 1. The summed E-state index contributed by atoms with van der Waals surface area (Å²) >= 11 is 0. The van der Waals surface area contributed by atoms with Gasteiger partial charge in [0, 0.05) is 18.5 Å². The van der Waals surface area contributed by atoms with Crippen LogP contribution in [0.4, 0.5) is 0 Å². The maximum Gasteiger partial charge on any atom is 0.241 e. The van der Waals surface area contributed by atoms with Gasteiger partial charge in [-0.25, -0.2) is 9.98 Å². The maximum absolute atomic E-state index is 11.6. The van der Waals surface area contributed by atoms with E-state index in [9.17, 15) is 4.79 Å². The Hall–Kier alpha value is -2.05. The number of hydrogen-bond donors (Lipinski definition) is 3. The summed E-state index contributed by atoms with van der Waals surface area (Å²) in [6, 6.07) is 0. The highest BCUT2D eigenvalue weighted by molar-refractivity contribution is 5.84. The van der Waals surface area contributed by atoms with Crippen molar-refractivity contribution in [2.75, 3.05) is 19.6 Å². The molecule has 3 N–H and O–H groups in total. The fourth-order valence-corrected chi connectivity index (χ4v) is 1.71. The number of nitrogens with zero attached hydrogens (tertiary/aromatic N) is 2. The van der Waals surface area contributed by atoms with Gasteiger partial charge in [-0.1, -0.05) is 27.7 Å². The smallest absolute Gasteiger partial charge is 0.241 e. The molecule has 1 aromatic heterocycles. The van der Waals surface area contributed by atoms with Crippen LogP contribution >= 0.6 is 0 Å². The molecule has 7 heteroatoms. The summed E-state index contributed by atoms with van der Waals surface area (Å²) in [5.41, 5.74) is -0.0682. The molecular weight excluding hydrogens is 294 g/mol. The molecule has 0 radical (unpaired) electrons. The minimum absolute atomic E-state index is 0.0682. The van der Waals surface area contributed by atoms with E-state index in [1.165, 1.54) is 0 Å². The van der Waals surface area contributed by atoms with Crippen LogP contribution in [-0.2, 0) is 16.8 Å². The van der Waals surface area contributed by atoms with E-state index in [2.05, 4.69) is 46.7 Å². The molecular formula is C16H29N5O2. The number of rotatable bonds is 7. The van der Waals surface area contributed by atoms with E-state index < -0.39 is 0 Å². The summed E-state index contributed by atoms with van der Waals surface area (Å²) in [5.74, 6) is 1.91. The van der Waals surface area contributed by atoms with E-state index >= 15 is 0 Å². The predicted molar refractivity (Wildman–Crippen MR) is 91.3 cm³/mol. The fraction of sp³-hybridized carbons (Fsp3) is 0.688. The van der Waals surface area contributed by atoms with Gasteiger partial charge in [0.05, 0.1) is 12.7 Å². The molecule has 0 bridgehead atoms. The maximum atomic E-state index is 11.6. The van der Waals surface area contributed by atoms with Crippen LogP contribution in [0.5, 0.6) is 0 Å². The molecule has 0 aliphatic heterocycles. The number of guanidine groups is 1. The number of carbonyl (C=O) groups excluding carboxylic acids is 1. The minimum Gasteiger partial charge on any atom is -0.443 e. The molecule has 1 aromatic rings. The number of carbonyl (C=O) groups is 1. The van der Waals surface area contributed by atoms with Gasteiger partial charge < -0.3 is 20.4 Å². The third-order valence-electron chi connectivity index (χ3n) is 3.00. The Morgan fingerprint density at radius 2 is 2.00 bits per heavy atom. The van der Waals surface area contributed by atoms with Gasteiger partial charge in [-0.3, -0.25) is 4.79 Å². The number of aromatic nitrogens is 1. The summed E-state index contributed by atoms with van der Waals surface area (Å²) in [6.07, 6.45) is 2.66. The Morgan fingerprint density at radius 1 is 1.26 bits per heavy atom. The van der Waals surface area contributed by atoms with Crippen LogP contribution in [0.3, 0.4) is 0 Å². The van der Waals surface area contributed by atoms with E-state index in [1.54, 1.807) is 6.20 Å². The topological polar surface area (TPSA) is 91.5 Å². The molecule has 0 aromatic carbocycles. The molecule has 0 saturated carbocycles. The van der Waals surface area contributed by atoms with E-state index in [0.29, 0.717) is 31.5 Å². The van der Waals surface area contributed by atoms with E-state index in [-0.39, 0.29) is 17.9 Å². The van der Waals surface area contributed by atoms with Crippen molar-refractivity contribution in [3.05, 3.63) is 17.8 Å². The Morgan fingerprint density at radius 3 is 2.57 bits per heavy atom. The SMILES string of the molecule is CCCNC(=O)CN=C(NCC)NCc1ncc(C(C)(C)C)o1. The Kier molecular flexibility index (Phi) is 7.57. The normalized spacial score (nSPS) is 12.1. The zero-order chi connectivity index (χ0) is 17.3. The van der Waals surface area contributed by atoms with Gasteiger partial charge in [-0.15, -0.1) is 0 Å². The largest absolute Gasteiger partial charge is 0.443 e. The van der Waals surface area contributed by atoms with Crippen molar-refractivity contribution in [1.82, 2.24) is 20.9 Å². The second-order valence-electron chi connectivity index (χ2n) is 6.27. The van der Waals surface area contributed by atoms with Crippen molar-refractivity contribution in [3.63, 3.8) is 0 Å². The quantitative estimate of drug-likeness (QED) is 0.523. The van der Waals surface area contributed by atoms with E-state index in [1.807, 2.05) is 13.8 Å². The average Bonchev–Trinajstić information content (AvgIpc) is 2.97. The molecule has 1 amide bonds. The van der Waals surface area contributed by atoms with Gasteiger partial charge in [0.15, 0.2) is 5.96 Å². The van der Waals surface area contributed by atoms with Crippen LogP contribution in [0, 0.1) is 0 Å². The van der Waals surface area contributed by atoms with Crippen molar-refractivity contribution in [1.29, 1.82) is 0 Å². The lowest BCUT2D eigenvalue weighted by molar-refractivity contribution is -0.119. The lowest BCUT2D eigenvalue weighted by Crippen LogP contribution is -2.38. The summed E-state index contributed by atoms with van der Waals surface area (Å²) in [7, 11) is 0. The van der Waals surface area contributed by atoms with Crippen molar-refractivity contribution >= 4 is 11.9 Å². The molecule has 0 saturated heterocycles. The Bertz CT molecular complexity index is 517. The van der Waals surface area contributed by atoms with Gasteiger partial charge in [0.1, 0.15) is 12.3 Å². The van der Waals surface area contributed by atoms with Crippen LogP contribution < -0.4 is 16.0 Å². The molecule has 23 heavy (non-hydrogen) atoms. The first-order chi connectivity index (χ1) is 10.9. The molecule has 0 atom stereocenters. The average molecular weight is 323 g/mol. The zero-order valence-electron chi connectivity index (χ0n) is 14.8. The zero-order valence-corrected chi connectivity index (χ0v) is 14.8. The molecule has 0 aliphatic rings.